The summed E-state index contributed by atoms with van der Waals surface area (Å²) in [7, 11) is 2.64. The molecular formula is C42H80CuO6. The van der Waals surface area contributed by atoms with E-state index in [-0.39, 0.29) is 28.6 Å². The van der Waals surface area contributed by atoms with Crippen molar-refractivity contribution in [3.8, 4) is 0 Å². The summed E-state index contributed by atoms with van der Waals surface area (Å²) < 4.78 is 8.95. The van der Waals surface area contributed by atoms with Gasteiger partial charge in [0.15, 0.2) is 0 Å². The van der Waals surface area contributed by atoms with E-state index in [1.54, 1.807) is 0 Å². The minimum Gasteiger partial charge on any atom is -0.512 e. The first kappa shape index (κ1) is 51.9. The number of aliphatic hydroxyl groups is 2. The molecule has 0 atom stereocenters. The smallest absolute Gasteiger partial charge is 0.333 e. The number of esters is 2. The van der Waals surface area contributed by atoms with E-state index in [4.69, 9.17) is 0 Å². The summed E-state index contributed by atoms with van der Waals surface area (Å²) in [5.41, 5.74) is 0. The Balaban J connectivity index is -0.000000846. The second-order valence-corrected chi connectivity index (χ2v) is 13.7. The Kier molecular flexibility index (Phi) is 47.2. The van der Waals surface area contributed by atoms with Crippen LogP contribution < -0.4 is 0 Å². The molecule has 0 amide bonds. The summed E-state index contributed by atoms with van der Waals surface area (Å²) in [6, 6.07) is 0. The summed E-state index contributed by atoms with van der Waals surface area (Å²) >= 11 is 0. The van der Waals surface area contributed by atoms with E-state index in [9.17, 15) is 19.8 Å². The number of aliphatic hydroxyl groups excluding tert-OH is 2. The molecule has 1 radical (unpaired) electrons. The molecule has 0 aromatic carbocycles. The molecule has 0 aliphatic carbocycles. The normalized spacial score (nSPS) is 11.4. The second-order valence-electron chi connectivity index (χ2n) is 13.7. The van der Waals surface area contributed by atoms with Crippen LogP contribution in [0.25, 0.3) is 0 Å². The Morgan fingerprint density at radius 2 is 0.571 bits per heavy atom. The van der Waals surface area contributed by atoms with Gasteiger partial charge in [-0.25, -0.2) is 9.59 Å². The SMILES string of the molecule is CCCCCCCCCCCCCCCCC/C(O)=C/C(=O)OC.CCCCCCCCCCCCCCCCC/C(O)=C/C(=O)OC.[Cu]. The first-order valence-corrected chi connectivity index (χ1v) is 20.4. The van der Waals surface area contributed by atoms with Crippen molar-refractivity contribution in [2.75, 3.05) is 14.2 Å². The van der Waals surface area contributed by atoms with E-state index in [2.05, 4.69) is 23.3 Å². The zero-order valence-electron chi connectivity index (χ0n) is 32.6. The fourth-order valence-corrected chi connectivity index (χ4v) is 5.89. The number of unbranched alkanes of at least 4 members (excludes halogenated alkanes) is 28. The fourth-order valence-electron chi connectivity index (χ4n) is 5.89. The molecule has 6 nitrogen and oxygen atoms in total. The van der Waals surface area contributed by atoms with Crippen LogP contribution in [0.5, 0.6) is 0 Å². The Hall–Kier alpha value is -1.46. The van der Waals surface area contributed by atoms with E-state index in [1.165, 1.54) is 193 Å². The van der Waals surface area contributed by atoms with Gasteiger partial charge in [0, 0.05) is 29.9 Å². The number of carbonyl (C=O) groups excluding carboxylic acids is 2. The average molecular weight is 745 g/mol. The maximum absolute atomic E-state index is 10.9. The van der Waals surface area contributed by atoms with Crippen molar-refractivity contribution in [2.45, 2.75) is 219 Å². The van der Waals surface area contributed by atoms with Gasteiger partial charge in [-0.3, -0.25) is 0 Å². The molecule has 0 aromatic heterocycles. The first-order valence-electron chi connectivity index (χ1n) is 20.4. The minimum absolute atomic E-state index is 0. The van der Waals surface area contributed by atoms with Gasteiger partial charge in [0.1, 0.15) is 0 Å². The van der Waals surface area contributed by atoms with Crippen LogP contribution >= 0.6 is 0 Å². The number of carbonyl (C=O) groups is 2. The number of hydrogen-bond donors (Lipinski definition) is 2. The van der Waals surface area contributed by atoms with Gasteiger partial charge in [0.25, 0.3) is 0 Å². The van der Waals surface area contributed by atoms with Gasteiger partial charge in [-0.05, 0) is 12.8 Å². The van der Waals surface area contributed by atoms with Gasteiger partial charge in [0.2, 0.25) is 0 Å². The summed E-state index contributed by atoms with van der Waals surface area (Å²) in [6.45, 7) is 4.54. The van der Waals surface area contributed by atoms with E-state index < -0.39 is 11.9 Å². The molecule has 0 heterocycles. The molecule has 295 valence electrons. The summed E-state index contributed by atoms with van der Waals surface area (Å²) in [5, 5.41) is 19.0. The molecule has 2 N–H and O–H groups in total. The maximum Gasteiger partial charge on any atom is 0.333 e. The van der Waals surface area contributed by atoms with Crippen molar-refractivity contribution in [1.82, 2.24) is 0 Å². The van der Waals surface area contributed by atoms with Gasteiger partial charge in [-0.15, -0.1) is 0 Å². The Morgan fingerprint density at radius 1 is 0.388 bits per heavy atom. The van der Waals surface area contributed by atoms with Crippen LogP contribution in [0.15, 0.2) is 23.7 Å². The van der Waals surface area contributed by atoms with Crippen LogP contribution in [-0.2, 0) is 36.1 Å². The van der Waals surface area contributed by atoms with Crippen molar-refractivity contribution < 1.29 is 46.3 Å². The van der Waals surface area contributed by atoms with Gasteiger partial charge in [-0.1, -0.05) is 194 Å². The summed E-state index contributed by atoms with van der Waals surface area (Å²) in [6.07, 6.45) is 43.3. The zero-order chi connectivity index (χ0) is 35.8. The zero-order valence-corrected chi connectivity index (χ0v) is 33.6. The van der Waals surface area contributed by atoms with Crippen LogP contribution in [0.3, 0.4) is 0 Å². The van der Waals surface area contributed by atoms with Gasteiger partial charge in [-0.2, -0.15) is 0 Å². The molecule has 0 saturated heterocycles. The molecule has 0 aliphatic rings. The van der Waals surface area contributed by atoms with Crippen molar-refractivity contribution in [1.29, 1.82) is 0 Å². The largest absolute Gasteiger partial charge is 0.512 e. The minimum atomic E-state index is -0.478. The van der Waals surface area contributed by atoms with Crippen molar-refractivity contribution in [2.24, 2.45) is 0 Å². The predicted octanol–water partition coefficient (Wildman–Crippen LogP) is 13.7. The monoisotopic (exact) mass is 744 g/mol. The standard InChI is InChI=1S/2C21H40O3.Cu/c2*1-3-4-5-6-7-8-9-10-11-12-13-14-15-16-17-18-20(22)19-21(23)24-2;/h2*19,22H,3-18H2,1-2H3;/b2*20-19-;. The Labute approximate surface area is 314 Å². The number of hydrogen-bond acceptors (Lipinski definition) is 6. The molecule has 0 bridgehead atoms. The molecule has 0 aliphatic heterocycles. The van der Waals surface area contributed by atoms with E-state index in [0.717, 1.165) is 25.7 Å². The Bertz CT molecular complexity index is 689. The van der Waals surface area contributed by atoms with Crippen molar-refractivity contribution in [3.63, 3.8) is 0 Å². The third-order valence-corrected chi connectivity index (χ3v) is 9.04. The van der Waals surface area contributed by atoms with Crippen LogP contribution in [0.2, 0.25) is 0 Å². The van der Waals surface area contributed by atoms with Crippen LogP contribution in [0.1, 0.15) is 219 Å². The molecule has 7 heteroatoms. The molecule has 0 saturated carbocycles. The van der Waals surface area contributed by atoms with Gasteiger partial charge < -0.3 is 19.7 Å². The molecule has 0 aromatic rings. The second kappa shape index (κ2) is 44.6. The van der Waals surface area contributed by atoms with Crippen LogP contribution in [0.4, 0.5) is 0 Å². The Morgan fingerprint density at radius 3 is 0.755 bits per heavy atom. The van der Waals surface area contributed by atoms with E-state index in [1.807, 2.05) is 0 Å². The molecule has 49 heavy (non-hydrogen) atoms. The number of allylic oxidation sites excluding steroid dienone is 2. The number of rotatable bonds is 34. The van der Waals surface area contributed by atoms with Crippen LogP contribution in [0, 0.1) is 0 Å². The topological polar surface area (TPSA) is 93.1 Å². The van der Waals surface area contributed by atoms with E-state index in [0.29, 0.717) is 12.8 Å². The summed E-state index contributed by atoms with van der Waals surface area (Å²) in [5.74, 6) is -0.685. The van der Waals surface area contributed by atoms with Crippen molar-refractivity contribution in [3.05, 3.63) is 23.7 Å². The number of methoxy groups -OCH3 is 2. The summed E-state index contributed by atoms with van der Waals surface area (Å²) in [4.78, 5) is 21.8. The van der Waals surface area contributed by atoms with E-state index >= 15 is 0 Å². The predicted molar refractivity (Wildman–Crippen MR) is 205 cm³/mol. The van der Waals surface area contributed by atoms with Gasteiger partial charge in [0.05, 0.1) is 37.9 Å². The maximum atomic E-state index is 10.9. The fraction of sp³-hybridized carbons (Fsp3) is 0.857. The van der Waals surface area contributed by atoms with Crippen LogP contribution in [-0.4, -0.2) is 36.4 Å². The molecule has 0 rings (SSSR count). The average Bonchev–Trinajstić information content (AvgIpc) is 3.08. The molecule has 0 fully saturated rings. The molecular weight excluding hydrogens is 664 g/mol. The first-order chi connectivity index (χ1) is 23.4. The molecule has 0 spiro atoms. The third-order valence-electron chi connectivity index (χ3n) is 9.04. The molecule has 0 unspecified atom stereocenters. The third kappa shape index (κ3) is 46.5. The number of ether oxygens (including phenoxy) is 2. The quantitative estimate of drug-likeness (QED) is 0.0224. The van der Waals surface area contributed by atoms with Crippen molar-refractivity contribution >= 4 is 11.9 Å². The van der Waals surface area contributed by atoms with Gasteiger partial charge >= 0.3 is 11.9 Å².